The molecule has 1 amide bonds. The zero-order valence-corrected chi connectivity index (χ0v) is 33.8. The summed E-state index contributed by atoms with van der Waals surface area (Å²) in [6.07, 6.45) is 37.4. The number of phosphoric ester groups is 1. The predicted molar refractivity (Wildman–Crippen MR) is 213 cm³/mol. The summed E-state index contributed by atoms with van der Waals surface area (Å²) in [6.45, 7) is 4.58. The van der Waals surface area contributed by atoms with Crippen molar-refractivity contribution >= 4 is 13.7 Å². The molecule has 9 nitrogen and oxygen atoms in total. The lowest BCUT2D eigenvalue weighted by atomic mass is 10.1. The molecule has 0 aliphatic heterocycles. The number of aliphatic hydroxyl groups is 2. The number of likely N-dealkylation sites (N-methyl/N-ethyl adjacent to an activating group) is 1. The van der Waals surface area contributed by atoms with E-state index in [1.165, 1.54) is 64.2 Å². The van der Waals surface area contributed by atoms with Crippen LogP contribution in [0.25, 0.3) is 0 Å². The smallest absolute Gasteiger partial charge is 0.389 e. The number of nitrogens with one attached hydrogen (secondary N) is 1. The molecular weight excluding hydrogens is 663 g/mol. The number of carbonyl (C=O) groups is 1. The minimum atomic E-state index is -4.39. The number of nitrogens with zero attached hydrogens (tertiary/aromatic N) is 1. The van der Waals surface area contributed by atoms with Crippen LogP contribution in [0.3, 0.4) is 0 Å². The van der Waals surface area contributed by atoms with Gasteiger partial charge in [0, 0.05) is 6.42 Å². The molecule has 0 rings (SSSR count). The highest BCUT2D eigenvalue weighted by atomic mass is 31.2. The van der Waals surface area contributed by atoms with Crippen molar-refractivity contribution in [1.82, 2.24) is 5.32 Å². The summed E-state index contributed by atoms with van der Waals surface area (Å²) < 4.78 is 23.4. The first-order valence-corrected chi connectivity index (χ1v) is 21.3. The standard InChI is InChI=1S/C41H75N2O7P/c1-6-8-10-12-14-16-18-19-21-22-24-26-28-31-38(44)32-30-34-41(46)42-39(37-50-51(47,48)49-36-35-43(3,4)5)40(45)33-29-27-25-23-20-17-15-13-11-9-7-2/h14,16,19,21,24,26,28-29,31,33,38-40,44-45H,6-13,15,17-18,20,22-23,25,27,30,32,34-37H2,1-5H3,(H-,42,46,47,48)/p+1/b16-14-,21-19-,26-24-,31-28+,33-29+/t38-,39-,40+/m0/s1. The molecule has 0 fully saturated rings. The van der Waals surface area contributed by atoms with Crippen LogP contribution >= 0.6 is 7.82 Å². The molecule has 10 heteroatoms. The van der Waals surface area contributed by atoms with E-state index >= 15 is 0 Å². The van der Waals surface area contributed by atoms with Gasteiger partial charge in [0.15, 0.2) is 0 Å². The molecule has 0 aromatic heterocycles. The van der Waals surface area contributed by atoms with Crippen LogP contribution in [0.5, 0.6) is 0 Å². The molecule has 296 valence electrons. The molecule has 0 aromatic carbocycles. The molecule has 1 unspecified atom stereocenters. The van der Waals surface area contributed by atoms with Crippen molar-refractivity contribution in [3.63, 3.8) is 0 Å². The van der Waals surface area contributed by atoms with Crippen molar-refractivity contribution in [2.24, 2.45) is 0 Å². The van der Waals surface area contributed by atoms with Crippen molar-refractivity contribution in [3.05, 3.63) is 60.8 Å². The Labute approximate surface area is 312 Å². The fourth-order valence-corrected chi connectivity index (χ4v) is 5.82. The molecule has 4 atom stereocenters. The molecular formula is C41H76N2O7P+. The van der Waals surface area contributed by atoms with E-state index in [-0.39, 0.29) is 18.9 Å². The zero-order valence-electron chi connectivity index (χ0n) is 32.9. The van der Waals surface area contributed by atoms with E-state index in [2.05, 4.69) is 43.5 Å². The largest absolute Gasteiger partial charge is 0.472 e. The Morgan fingerprint density at radius 2 is 1.29 bits per heavy atom. The number of allylic oxidation sites excluding steroid dienone is 8. The topological polar surface area (TPSA) is 125 Å². The van der Waals surface area contributed by atoms with Gasteiger partial charge in [-0.15, -0.1) is 0 Å². The number of unbranched alkanes of at least 4 members (excludes halogenated alkanes) is 12. The van der Waals surface area contributed by atoms with Gasteiger partial charge in [-0.3, -0.25) is 13.8 Å². The summed E-state index contributed by atoms with van der Waals surface area (Å²) in [5, 5.41) is 24.0. The number of carbonyl (C=O) groups excluding carboxylic acids is 1. The first kappa shape index (κ1) is 49.2. The Balaban J connectivity index is 4.74. The maximum absolute atomic E-state index is 12.8. The van der Waals surface area contributed by atoms with Gasteiger partial charge in [-0.2, -0.15) is 0 Å². The lowest BCUT2D eigenvalue weighted by molar-refractivity contribution is -0.870. The third-order valence-corrected chi connectivity index (χ3v) is 9.32. The van der Waals surface area contributed by atoms with Crippen LogP contribution < -0.4 is 5.32 Å². The number of quaternary nitrogens is 1. The van der Waals surface area contributed by atoms with Gasteiger partial charge in [-0.25, -0.2) is 4.57 Å². The predicted octanol–water partition coefficient (Wildman–Crippen LogP) is 9.27. The summed E-state index contributed by atoms with van der Waals surface area (Å²) in [5.74, 6) is -0.340. The number of phosphoric acid groups is 1. The van der Waals surface area contributed by atoms with Crippen LogP contribution in [0.2, 0.25) is 0 Å². The number of aliphatic hydroxyl groups excluding tert-OH is 2. The summed E-state index contributed by atoms with van der Waals surface area (Å²) >= 11 is 0. The van der Waals surface area contributed by atoms with E-state index in [0.29, 0.717) is 23.9 Å². The second-order valence-electron chi connectivity index (χ2n) is 14.5. The highest BCUT2D eigenvalue weighted by Crippen LogP contribution is 2.43. The van der Waals surface area contributed by atoms with E-state index < -0.39 is 32.7 Å². The summed E-state index contributed by atoms with van der Waals surface area (Å²) in [7, 11) is 1.44. The zero-order chi connectivity index (χ0) is 38.1. The van der Waals surface area contributed by atoms with Gasteiger partial charge >= 0.3 is 7.82 Å². The molecule has 0 aliphatic carbocycles. The average molecular weight is 740 g/mol. The van der Waals surface area contributed by atoms with Gasteiger partial charge in [0.05, 0.1) is 46.0 Å². The van der Waals surface area contributed by atoms with E-state index in [1.807, 2.05) is 45.4 Å². The number of hydrogen-bond donors (Lipinski definition) is 4. The summed E-state index contributed by atoms with van der Waals surface area (Å²) in [4.78, 5) is 23.0. The average Bonchev–Trinajstić information content (AvgIpc) is 3.06. The second-order valence-corrected chi connectivity index (χ2v) is 16.0. The number of rotatable bonds is 34. The van der Waals surface area contributed by atoms with Crippen molar-refractivity contribution in [1.29, 1.82) is 0 Å². The molecule has 0 saturated heterocycles. The molecule has 51 heavy (non-hydrogen) atoms. The Kier molecular flexibility index (Phi) is 31.6. The maximum Gasteiger partial charge on any atom is 0.472 e. The van der Waals surface area contributed by atoms with Crippen molar-refractivity contribution in [3.8, 4) is 0 Å². The van der Waals surface area contributed by atoms with Crippen molar-refractivity contribution < 1.29 is 38.0 Å². The van der Waals surface area contributed by atoms with Crippen LogP contribution in [0.4, 0.5) is 0 Å². The van der Waals surface area contributed by atoms with Gasteiger partial charge < -0.3 is 24.9 Å². The van der Waals surface area contributed by atoms with Gasteiger partial charge in [-0.05, 0) is 51.4 Å². The minimum absolute atomic E-state index is 0.0240. The minimum Gasteiger partial charge on any atom is -0.389 e. The lowest BCUT2D eigenvalue weighted by Crippen LogP contribution is -2.45. The quantitative estimate of drug-likeness (QED) is 0.0171. The normalized spacial score (nSPS) is 15.8. The number of hydrogen-bond acceptors (Lipinski definition) is 6. The van der Waals surface area contributed by atoms with Crippen molar-refractivity contribution in [2.75, 3.05) is 40.9 Å². The Hall–Kier alpha value is -1.84. The first-order chi connectivity index (χ1) is 24.4. The number of amides is 1. The third-order valence-electron chi connectivity index (χ3n) is 8.34. The Morgan fingerprint density at radius 1 is 0.725 bits per heavy atom. The third kappa shape index (κ3) is 35.0. The van der Waals surface area contributed by atoms with Crippen LogP contribution in [0.15, 0.2) is 60.8 Å². The summed E-state index contributed by atoms with van der Waals surface area (Å²) in [5.41, 5.74) is 0. The highest BCUT2D eigenvalue weighted by molar-refractivity contribution is 7.47. The van der Waals surface area contributed by atoms with Gasteiger partial charge in [0.2, 0.25) is 5.91 Å². The van der Waals surface area contributed by atoms with Crippen LogP contribution in [0, 0.1) is 0 Å². The molecule has 0 saturated carbocycles. The Morgan fingerprint density at radius 3 is 1.96 bits per heavy atom. The molecule has 4 N–H and O–H groups in total. The molecule has 0 heterocycles. The highest BCUT2D eigenvalue weighted by Gasteiger charge is 2.27. The van der Waals surface area contributed by atoms with Crippen molar-refractivity contribution in [2.45, 2.75) is 154 Å². The van der Waals surface area contributed by atoms with Crippen LogP contribution in [-0.2, 0) is 18.4 Å². The van der Waals surface area contributed by atoms with E-state index in [0.717, 1.165) is 38.5 Å². The van der Waals surface area contributed by atoms with Gasteiger partial charge in [-0.1, -0.05) is 139 Å². The molecule has 0 bridgehead atoms. The molecule has 0 aromatic rings. The molecule has 0 spiro atoms. The first-order valence-electron chi connectivity index (χ1n) is 19.8. The fourth-order valence-electron chi connectivity index (χ4n) is 5.08. The Bertz CT molecular complexity index is 1040. The molecule has 0 aliphatic rings. The maximum atomic E-state index is 12.8. The van der Waals surface area contributed by atoms with E-state index in [1.54, 1.807) is 12.2 Å². The van der Waals surface area contributed by atoms with E-state index in [4.69, 9.17) is 9.05 Å². The second kappa shape index (κ2) is 32.8. The van der Waals surface area contributed by atoms with Gasteiger partial charge in [0.1, 0.15) is 13.2 Å². The lowest BCUT2D eigenvalue weighted by Gasteiger charge is -2.25. The van der Waals surface area contributed by atoms with E-state index in [9.17, 15) is 24.5 Å². The summed E-state index contributed by atoms with van der Waals surface area (Å²) in [6, 6.07) is -0.940. The fraction of sp³-hybridized carbons (Fsp3) is 0.732. The van der Waals surface area contributed by atoms with Crippen LogP contribution in [0.1, 0.15) is 136 Å². The van der Waals surface area contributed by atoms with Crippen LogP contribution in [-0.4, -0.2) is 84.6 Å². The molecule has 0 radical (unpaired) electrons. The monoisotopic (exact) mass is 740 g/mol. The SMILES string of the molecule is CCCCC/C=C\C/C=C\C/C=C\C=C\[C@H](O)CCCC(=O)N[C@@H](COP(=O)(O)OCC[N+](C)(C)C)[C@H](O)/C=C/CCCCCCCCCCC. The van der Waals surface area contributed by atoms with Gasteiger partial charge in [0.25, 0.3) is 0 Å².